The smallest absolute Gasteiger partial charge is 0.238 e. The van der Waals surface area contributed by atoms with Gasteiger partial charge in [-0.3, -0.25) is 4.57 Å². The van der Waals surface area contributed by atoms with E-state index < -0.39 is 0 Å². The van der Waals surface area contributed by atoms with Crippen LogP contribution >= 0.6 is 0 Å². The van der Waals surface area contributed by atoms with E-state index in [-0.39, 0.29) is 0 Å². The monoisotopic (exact) mass is 576 g/mol. The molecule has 5 heteroatoms. The quantitative estimate of drug-likeness (QED) is 0.210. The van der Waals surface area contributed by atoms with Crippen LogP contribution in [-0.4, -0.2) is 19.5 Å². The number of furan rings is 1. The summed E-state index contributed by atoms with van der Waals surface area (Å²) in [6.45, 7) is 0. The molecule has 0 fully saturated rings. The fourth-order valence-electron chi connectivity index (χ4n) is 7.07. The van der Waals surface area contributed by atoms with E-state index in [0.717, 1.165) is 50.5 Å². The number of para-hydroxylation sites is 2. The first-order valence-corrected chi connectivity index (χ1v) is 15.2. The van der Waals surface area contributed by atoms with Gasteiger partial charge in [0.15, 0.2) is 11.6 Å². The predicted octanol–water partition coefficient (Wildman–Crippen LogP) is 9.77. The molecule has 0 saturated carbocycles. The summed E-state index contributed by atoms with van der Waals surface area (Å²) in [4.78, 5) is 15.5. The first-order chi connectivity index (χ1) is 22.3. The van der Waals surface area contributed by atoms with Gasteiger partial charge in [-0.2, -0.15) is 9.97 Å². The highest BCUT2D eigenvalue weighted by Gasteiger charge is 2.26. The van der Waals surface area contributed by atoms with Gasteiger partial charge >= 0.3 is 0 Å². The predicted molar refractivity (Wildman–Crippen MR) is 181 cm³/mol. The maximum Gasteiger partial charge on any atom is 0.238 e. The van der Waals surface area contributed by atoms with E-state index >= 15 is 0 Å². The van der Waals surface area contributed by atoms with E-state index in [0.29, 0.717) is 17.6 Å². The number of fused-ring (bicyclic) bond motifs is 10. The van der Waals surface area contributed by atoms with Gasteiger partial charge < -0.3 is 4.42 Å². The van der Waals surface area contributed by atoms with E-state index in [4.69, 9.17) is 19.4 Å². The summed E-state index contributed by atoms with van der Waals surface area (Å²) >= 11 is 0. The minimum Gasteiger partial charge on any atom is -0.456 e. The van der Waals surface area contributed by atoms with Crippen molar-refractivity contribution in [1.29, 1.82) is 0 Å². The van der Waals surface area contributed by atoms with E-state index in [1.165, 1.54) is 33.0 Å². The highest BCUT2D eigenvalue weighted by atomic mass is 16.3. The van der Waals surface area contributed by atoms with Gasteiger partial charge in [-0.05, 0) is 52.6 Å². The summed E-state index contributed by atoms with van der Waals surface area (Å²) in [5, 5.41) is 4.50. The van der Waals surface area contributed by atoms with Crippen LogP contribution in [0.5, 0.6) is 0 Å². The highest BCUT2D eigenvalue weighted by Crippen LogP contribution is 2.44. The number of benzene rings is 6. The van der Waals surface area contributed by atoms with E-state index in [1.54, 1.807) is 0 Å². The Bertz CT molecular complexity index is 2630. The topological polar surface area (TPSA) is 56.7 Å². The summed E-state index contributed by atoms with van der Waals surface area (Å²) < 4.78 is 8.38. The Balaban J connectivity index is 1.28. The second-order valence-electron chi connectivity index (χ2n) is 11.6. The minimum absolute atomic E-state index is 0.603. The van der Waals surface area contributed by atoms with Gasteiger partial charge in [-0.25, -0.2) is 4.98 Å². The molecule has 0 saturated heterocycles. The van der Waals surface area contributed by atoms with Gasteiger partial charge in [0, 0.05) is 39.1 Å². The lowest BCUT2D eigenvalue weighted by Gasteiger charge is -2.12. The molecule has 0 aliphatic heterocycles. The Morgan fingerprint density at radius 1 is 0.511 bits per heavy atom. The number of hydrogen-bond acceptors (Lipinski definition) is 4. The first kappa shape index (κ1) is 24.4. The van der Waals surface area contributed by atoms with Crippen LogP contribution in [0.1, 0.15) is 11.1 Å². The maximum absolute atomic E-state index is 6.13. The molecule has 0 unspecified atom stereocenters. The van der Waals surface area contributed by atoms with Crippen LogP contribution in [0.3, 0.4) is 0 Å². The molecular formula is C40H24N4O. The van der Waals surface area contributed by atoms with Gasteiger partial charge in [-0.15, -0.1) is 0 Å². The van der Waals surface area contributed by atoms with Crippen molar-refractivity contribution in [2.75, 3.05) is 0 Å². The molecule has 0 atom stereocenters. The average molecular weight is 577 g/mol. The van der Waals surface area contributed by atoms with Crippen LogP contribution in [0.2, 0.25) is 0 Å². The Hall–Kier alpha value is -6.07. The van der Waals surface area contributed by atoms with Gasteiger partial charge in [0.05, 0.1) is 11.0 Å². The lowest BCUT2D eigenvalue weighted by Crippen LogP contribution is -2.07. The number of aromatic nitrogens is 4. The zero-order chi connectivity index (χ0) is 29.5. The third kappa shape index (κ3) is 3.58. The molecule has 0 amide bonds. The van der Waals surface area contributed by atoms with Crippen molar-refractivity contribution >= 4 is 43.7 Å². The van der Waals surface area contributed by atoms with E-state index in [1.807, 2.05) is 48.5 Å². The van der Waals surface area contributed by atoms with Crippen LogP contribution < -0.4 is 0 Å². The van der Waals surface area contributed by atoms with Crippen LogP contribution in [0, 0.1) is 0 Å². The number of nitrogens with zero attached hydrogens (tertiary/aromatic N) is 4. The SMILES string of the molecule is c1ccc(-c2nc(-c3ccc4oc5ccccc5c4c3)nc(-n3c4ccccc4c4ccc5c(c43)Cc3ccccc3-5)n2)cc1. The van der Waals surface area contributed by atoms with Crippen molar-refractivity contribution in [2.45, 2.75) is 6.42 Å². The second-order valence-corrected chi connectivity index (χ2v) is 11.6. The number of hydrogen-bond donors (Lipinski definition) is 0. The normalized spacial score (nSPS) is 12.4. The molecule has 6 aromatic carbocycles. The molecule has 1 aliphatic rings. The maximum atomic E-state index is 6.13. The number of rotatable bonds is 3. The van der Waals surface area contributed by atoms with E-state index in [2.05, 4.69) is 89.5 Å². The van der Waals surface area contributed by atoms with Crippen molar-refractivity contribution in [2.24, 2.45) is 0 Å². The average Bonchev–Trinajstić information content (AvgIpc) is 3.78. The Kier molecular flexibility index (Phi) is 4.99. The molecule has 0 N–H and O–H groups in total. The largest absolute Gasteiger partial charge is 0.456 e. The summed E-state index contributed by atoms with van der Waals surface area (Å²) in [7, 11) is 0. The van der Waals surface area contributed by atoms with Gasteiger partial charge in [0.2, 0.25) is 5.95 Å². The summed E-state index contributed by atoms with van der Waals surface area (Å²) in [6, 6.07) is 46.3. The molecule has 3 heterocycles. The summed E-state index contributed by atoms with van der Waals surface area (Å²) in [5.41, 5.74) is 11.0. The fourth-order valence-corrected chi connectivity index (χ4v) is 7.07. The lowest BCUT2D eigenvalue weighted by atomic mass is 10.0. The molecule has 45 heavy (non-hydrogen) atoms. The molecule has 0 bridgehead atoms. The third-order valence-corrected chi connectivity index (χ3v) is 9.11. The molecular weight excluding hydrogens is 552 g/mol. The van der Waals surface area contributed by atoms with Crippen molar-refractivity contribution in [3.8, 4) is 39.9 Å². The Labute approximate surface area is 258 Å². The van der Waals surface area contributed by atoms with Crippen molar-refractivity contribution in [3.63, 3.8) is 0 Å². The summed E-state index contributed by atoms with van der Waals surface area (Å²) in [5.74, 6) is 1.86. The van der Waals surface area contributed by atoms with Crippen molar-refractivity contribution < 1.29 is 4.42 Å². The van der Waals surface area contributed by atoms with E-state index in [9.17, 15) is 0 Å². The minimum atomic E-state index is 0.603. The first-order valence-electron chi connectivity index (χ1n) is 15.2. The molecule has 9 aromatic rings. The molecule has 10 rings (SSSR count). The zero-order valence-corrected chi connectivity index (χ0v) is 24.1. The molecule has 5 nitrogen and oxygen atoms in total. The molecule has 1 aliphatic carbocycles. The molecule has 0 radical (unpaired) electrons. The van der Waals surface area contributed by atoms with Crippen LogP contribution in [0.25, 0.3) is 83.6 Å². The Morgan fingerprint density at radius 3 is 2.16 bits per heavy atom. The lowest BCUT2D eigenvalue weighted by molar-refractivity contribution is 0.669. The fraction of sp³-hybridized carbons (Fsp3) is 0.0250. The third-order valence-electron chi connectivity index (χ3n) is 9.11. The molecule has 210 valence electrons. The van der Waals surface area contributed by atoms with Crippen molar-refractivity contribution in [1.82, 2.24) is 19.5 Å². The Morgan fingerprint density at radius 2 is 1.24 bits per heavy atom. The van der Waals surface area contributed by atoms with Crippen LogP contribution in [0.4, 0.5) is 0 Å². The highest BCUT2D eigenvalue weighted by molar-refractivity contribution is 6.12. The standard InChI is InChI=1S/C40H24N4O/c1-2-10-24(11-3-1)38-41-39(26-18-21-36-32(23-26)30-15-7-9-17-35(30)45-36)43-40(42-38)44-34-16-8-6-14-29(34)31-20-19-28-27-13-5-4-12-25(27)22-33(28)37(31)44/h1-21,23H,22H2. The van der Waals surface area contributed by atoms with Crippen molar-refractivity contribution in [3.05, 3.63) is 145 Å². The van der Waals surface area contributed by atoms with Gasteiger partial charge in [0.25, 0.3) is 0 Å². The molecule has 0 spiro atoms. The van der Waals surface area contributed by atoms with Crippen LogP contribution in [-0.2, 0) is 6.42 Å². The van der Waals surface area contributed by atoms with Gasteiger partial charge in [0.1, 0.15) is 11.2 Å². The second kappa shape index (κ2) is 9.21. The zero-order valence-electron chi connectivity index (χ0n) is 24.1. The van der Waals surface area contributed by atoms with Gasteiger partial charge in [-0.1, -0.05) is 103 Å². The van der Waals surface area contributed by atoms with Crippen LogP contribution in [0.15, 0.2) is 138 Å². The molecule has 3 aromatic heterocycles. The summed E-state index contributed by atoms with van der Waals surface area (Å²) in [6.07, 6.45) is 0.868.